The summed E-state index contributed by atoms with van der Waals surface area (Å²) >= 11 is 0. The maximum atomic E-state index is 13.3. The molecule has 0 bridgehead atoms. The second-order valence-corrected chi connectivity index (χ2v) is 8.18. The van der Waals surface area contributed by atoms with Gasteiger partial charge in [0, 0.05) is 25.2 Å². The van der Waals surface area contributed by atoms with Crippen molar-refractivity contribution in [3.8, 4) is 5.75 Å². The van der Waals surface area contributed by atoms with E-state index in [1.165, 1.54) is 4.90 Å². The molecular formula is C22H31N3O3. The molecule has 1 saturated heterocycles. The Balaban J connectivity index is 2.06. The first kappa shape index (κ1) is 20.4. The molecule has 1 aromatic carbocycles. The fourth-order valence-corrected chi connectivity index (χ4v) is 4.08. The van der Waals surface area contributed by atoms with Crippen LogP contribution < -0.4 is 4.74 Å². The Morgan fingerprint density at radius 2 is 1.79 bits per heavy atom. The lowest BCUT2D eigenvalue weighted by atomic mass is 9.99. The van der Waals surface area contributed by atoms with Gasteiger partial charge in [0.25, 0.3) is 11.8 Å². The number of carbonyl (C=O) groups is 2. The van der Waals surface area contributed by atoms with Crippen LogP contribution in [0.1, 0.15) is 32.3 Å². The van der Waals surface area contributed by atoms with Gasteiger partial charge < -0.3 is 14.5 Å². The number of methoxy groups -OCH3 is 1. The molecule has 2 amide bonds. The smallest absolute Gasteiger partial charge is 0.277 e. The summed E-state index contributed by atoms with van der Waals surface area (Å²) in [5, 5.41) is 0. The van der Waals surface area contributed by atoms with E-state index in [1.54, 1.807) is 7.11 Å². The highest BCUT2D eigenvalue weighted by atomic mass is 16.5. The number of para-hydroxylation sites is 1. The summed E-state index contributed by atoms with van der Waals surface area (Å²) in [6, 6.07) is 7.68. The third-order valence-corrected chi connectivity index (χ3v) is 5.66. The van der Waals surface area contributed by atoms with Gasteiger partial charge in [-0.1, -0.05) is 32.0 Å². The number of hydrogen-bond acceptors (Lipinski definition) is 5. The third kappa shape index (κ3) is 3.78. The van der Waals surface area contributed by atoms with Crippen LogP contribution in [-0.2, 0) is 9.59 Å². The molecule has 0 aromatic heterocycles. The first-order valence-corrected chi connectivity index (χ1v) is 10.00. The maximum absolute atomic E-state index is 13.3. The predicted octanol–water partition coefficient (Wildman–Crippen LogP) is 2.46. The number of amides is 2. The highest BCUT2D eigenvalue weighted by Gasteiger charge is 2.43. The summed E-state index contributed by atoms with van der Waals surface area (Å²) in [5.74, 6) is 0.401. The zero-order chi connectivity index (χ0) is 20.4. The fraction of sp³-hybridized carbons (Fsp3) is 0.545. The SMILES string of the molecule is COc1ccccc1C1=C(N(C)C2CCN(C)CC2)C(=O)N(CC(C)C)C1=O. The van der Waals surface area contributed by atoms with E-state index in [0.29, 0.717) is 29.1 Å². The van der Waals surface area contributed by atoms with Crippen LogP contribution in [0.15, 0.2) is 30.0 Å². The monoisotopic (exact) mass is 385 g/mol. The van der Waals surface area contributed by atoms with Crippen molar-refractivity contribution < 1.29 is 14.3 Å². The Kier molecular flexibility index (Phi) is 6.08. The molecule has 6 heteroatoms. The zero-order valence-electron chi connectivity index (χ0n) is 17.6. The van der Waals surface area contributed by atoms with Crippen molar-refractivity contribution in [1.29, 1.82) is 0 Å². The molecule has 152 valence electrons. The van der Waals surface area contributed by atoms with E-state index >= 15 is 0 Å². The molecule has 2 aliphatic rings. The Labute approximate surface area is 167 Å². The molecule has 1 aromatic rings. The number of carbonyl (C=O) groups excluding carboxylic acids is 2. The van der Waals surface area contributed by atoms with Crippen molar-refractivity contribution in [1.82, 2.24) is 14.7 Å². The van der Waals surface area contributed by atoms with Gasteiger partial charge in [0.05, 0.1) is 12.7 Å². The summed E-state index contributed by atoms with van der Waals surface area (Å²) < 4.78 is 5.50. The first-order chi connectivity index (χ1) is 13.3. The summed E-state index contributed by atoms with van der Waals surface area (Å²) in [6.07, 6.45) is 1.95. The molecule has 0 atom stereocenters. The lowest BCUT2D eigenvalue weighted by Gasteiger charge is -2.36. The molecule has 0 N–H and O–H groups in total. The third-order valence-electron chi connectivity index (χ3n) is 5.66. The van der Waals surface area contributed by atoms with E-state index in [1.807, 2.05) is 50.1 Å². The van der Waals surface area contributed by atoms with Crippen LogP contribution in [-0.4, -0.2) is 73.4 Å². The largest absolute Gasteiger partial charge is 0.496 e. The minimum absolute atomic E-state index is 0.193. The van der Waals surface area contributed by atoms with E-state index in [-0.39, 0.29) is 23.8 Å². The molecule has 2 heterocycles. The van der Waals surface area contributed by atoms with Crippen molar-refractivity contribution in [2.24, 2.45) is 5.92 Å². The van der Waals surface area contributed by atoms with Gasteiger partial charge in [-0.2, -0.15) is 0 Å². The number of likely N-dealkylation sites (tertiary alicyclic amines) is 1. The van der Waals surface area contributed by atoms with Crippen molar-refractivity contribution in [2.45, 2.75) is 32.7 Å². The Morgan fingerprint density at radius 3 is 2.39 bits per heavy atom. The average Bonchev–Trinajstić information content (AvgIpc) is 2.92. The van der Waals surface area contributed by atoms with E-state index in [0.717, 1.165) is 25.9 Å². The standard InChI is InChI=1S/C22H31N3O3/c1-15(2)14-25-21(26)19(17-8-6-7-9-18(17)28-5)20(22(25)27)24(4)16-10-12-23(3)13-11-16/h6-9,15-16H,10-14H2,1-5H3. The highest BCUT2D eigenvalue weighted by molar-refractivity contribution is 6.36. The van der Waals surface area contributed by atoms with Crippen LogP contribution in [0, 0.1) is 5.92 Å². The lowest BCUT2D eigenvalue weighted by molar-refractivity contribution is -0.138. The molecule has 0 unspecified atom stereocenters. The average molecular weight is 386 g/mol. The van der Waals surface area contributed by atoms with Crippen LogP contribution >= 0.6 is 0 Å². The fourth-order valence-electron chi connectivity index (χ4n) is 4.08. The summed E-state index contributed by atoms with van der Waals surface area (Å²) in [7, 11) is 5.65. The highest BCUT2D eigenvalue weighted by Crippen LogP contribution is 2.37. The number of rotatable bonds is 6. The molecule has 2 aliphatic heterocycles. The van der Waals surface area contributed by atoms with Gasteiger partial charge >= 0.3 is 0 Å². The van der Waals surface area contributed by atoms with Crippen LogP contribution in [0.3, 0.4) is 0 Å². The van der Waals surface area contributed by atoms with Gasteiger partial charge in [-0.25, -0.2) is 0 Å². The summed E-state index contributed by atoms with van der Waals surface area (Å²) in [6.45, 7) is 6.43. The normalized spacial score (nSPS) is 19.1. The van der Waals surface area contributed by atoms with Gasteiger partial charge in [0.1, 0.15) is 11.4 Å². The van der Waals surface area contributed by atoms with Gasteiger partial charge in [-0.15, -0.1) is 0 Å². The number of nitrogens with zero attached hydrogens (tertiary/aromatic N) is 3. The molecule has 0 saturated carbocycles. The van der Waals surface area contributed by atoms with Gasteiger partial charge in [-0.3, -0.25) is 14.5 Å². The van der Waals surface area contributed by atoms with E-state index in [9.17, 15) is 9.59 Å². The second kappa shape index (κ2) is 8.35. The number of benzene rings is 1. The van der Waals surface area contributed by atoms with Crippen molar-refractivity contribution in [3.05, 3.63) is 35.5 Å². The number of hydrogen-bond donors (Lipinski definition) is 0. The topological polar surface area (TPSA) is 53.1 Å². The Bertz CT molecular complexity index is 779. The lowest BCUT2D eigenvalue weighted by Crippen LogP contribution is -2.44. The molecule has 6 nitrogen and oxygen atoms in total. The minimum Gasteiger partial charge on any atom is -0.496 e. The zero-order valence-corrected chi connectivity index (χ0v) is 17.6. The summed E-state index contributed by atoms with van der Waals surface area (Å²) in [5.41, 5.74) is 1.65. The first-order valence-electron chi connectivity index (χ1n) is 10.00. The van der Waals surface area contributed by atoms with E-state index < -0.39 is 0 Å². The quantitative estimate of drug-likeness (QED) is 0.704. The molecule has 0 radical (unpaired) electrons. The number of likely N-dealkylation sites (N-methyl/N-ethyl adjacent to an activating group) is 1. The minimum atomic E-state index is -0.224. The number of ether oxygens (including phenoxy) is 1. The second-order valence-electron chi connectivity index (χ2n) is 8.18. The molecule has 1 fully saturated rings. The predicted molar refractivity (Wildman–Crippen MR) is 110 cm³/mol. The summed E-state index contributed by atoms with van der Waals surface area (Å²) in [4.78, 5) is 32.4. The molecule has 0 spiro atoms. The maximum Gasteiger partial charge on any atom is 0.277 e. The van der Waals surface area contributed by atoms with E-state index in [2.05, 4.69) is 11.9 Å². The molecule has 0 aliphatic carbocycles. The Hall–Kier alpha value is -2.34. The van der Waals surface area contributed by atoms with Crippen molar-refractivity contribution >= 4 is 17.4 Å². The molecule has 28 heavy (non-hydrogen) atoms. The molecule has 3 rings (SSSR count). The molecular weight excluding hydrogens is 354 g/mol. The number of piperidine rings is 1. The van der Waals surface area contributed by atoms with Gasteiger partial charge in [0.2, 0.25) is 0 Å². The van der Waals surface area contributed by atoms with Crippen molar-refractivity contribution in [2.75, 3.05) is 40.8 Å². The van der Waals surface area contributed by atoms with Crippen LogP contribution in [0.25, 0.3) is 5.57 Å². The van der Waals surface area contributed by atoms with Crippen molar-refractivity contribution in [3.63, 3.8) is 0 Å². The Morgan fingerprint density at radius 1 is 1.14 bits per heavy atom. The van der Waals surface area contributed by atoms with Crippen LogP contribution in [0.4, 0.5) is 0 Å². The van der Waals surface area contributed by atoms with Crippen LogP contribution in [0.5, 0.6) is 5.75 Å². The van der Waals surface area contributed by atoms with Gasteiger partial charge in [-0.05, 0) is 45.0 Å². The number of imide groups is 1. The van der Waals surface area contributed by atoms with E-state index in [4.69, 9.17) is 4.74 Å². The van der Waals surface area contributed by atoms with Gasteiger partial charge in [0.15, 0.2) is 0 Å². The van der Waals surface area contributed by atoms with Crippen LogP contribution in [0.2, 0.25) is 0 Å².